The predicted molar refractivity (Wildman–Crippen MR) is 106 cm³/mol. The van der Waals surface area contributed by atoms with E-state index in [2.05, 4.69) is 11.0 Å². The van der Waals surface area contributed by atoms with Crippen LogP contribution >= 0.6 is 0 Å². The van der Waals surface area contributed by atoms with E-state index in [9.17, 15) is 13.6 Å². The molecule has 2 fully saturated rings. The van der Waals surface area contributed by atoms with Crippen molar-refractivity contribution in [3.63, 3.8) is 0 Å². The molecule has 0 bridgehead atoms. The summed E-state index contributed by atoms with van der Waals surface area (Å²) >= 11 is 0. The number of hydrogen-bond acceptors (Lipinski definition) is 3. The van der Waals surface area contributed by atoms with E-state index in [0.717, 1.165) is 56.9 Å². The maximum atomic E-state index is 12.9. The lowest BCUT2D eigenvalue weighted by molar-refractivity contribution is -0.137. The van der Waals surface area contributed by atoms with Gasteiger partial charge in [-0.2, -0.15) is 0 Å². The maximum absolute atomic E-state index is 12.9. The summed E-state index contributed by atoms with van der Waals surface area (Å²) in [4.78, 5) is 16.9. The molecule has 156 valence electrons. The monoisotopic (exact) mass is 394 g/mol. The minimum absolute atomic E-state index is 0.00125. The molecule has 4 nitrogen and oxygen atoms in total. The molecule has 1 aromatic carbocycles. The Labute approximate surface area is 166 Å². The molecule has 1 aromatic rings. The molecule has 2 atom stereocenters. The second-order valence-electron chi connectivity index (χ2n) is 8.03. The van der Waals surface area contributed by atoms with E-state index < -0.39 is 11.8 Å². The van der Waals surface area contributed by atoms with Crippen LogP contribution in [0.4, 0.5) is 8.78 Å². The third kappa shape index (κ3) is 5.43. The summed E-state index contributed by atoms with van der Waals surface area (Å²) in [7, 11) is 0. The van der Waals surface area contributed by atoms with Crippen LogP contribution in [0.3, 0.4) is 0 Å². The van der Waals surface area contributed by atoms with E-state index in [0.29, 0.717) is 13.0 Å². The van der Waals surface area contributed by atoms with Crippen molar-refractivity contribution in [1.82, 2.24) is 9.80 Å². The highest BCUT2D eigenvalue weighted by atomic mass is 19.3. The number of nitrogens with zero attached hydrogens (tertiary/aromatic N) is 2. The zero-order valence-corrected chi connectivity index (χ0v) is 17.0. The predicted octanol–water partition coefficient (Wildman–Crippen LogP) is 4.19. The number of amides is 1. The largest absolute Gasteiger partial charge is 0.494 e. The van der Waals surface area contributed by atoms with Crippen LogP contribution in [0.25, 0.3) is 0 Å². The number of piperidine rings is 1. The molecule has 2 aliphatic rings. The van der Waals surface area contributed by atoms with Crippen molar-refractivity contribution in [2.75, 3.05) is 32.8 Å². The van der Waals surface area contributed by atoms with Crippen LogP contribution in [0.5, 0.6) is 5.75 Å². The average Bonchev–Trinajstić information content (AvgIpc) is 3.29. The molecular weight excluding hydrogens is 362 g/mol. The normalized spacial score (nSPS) is 24.0. The zero-order chi connectivity index (χ0) is 20.1. The third-order valence-electron chi connectivity index (χ3n) is 5.93. The number of carbonyl (C=O) groups excluding carboxylic acids is 1. The Bertz CT molecular complexity index is 664. The lowest BCUT2D eigenvalue weighted by Crippen LogP contribution is -2.44. The standard InChI is InChI=1S/C22H32F2N2O2/c1-3-26(4-2)21(27)18-8-6-11-25(16-18)15-17-7-5-9-20(13-17)28-12-10-19-14-22(19,23)24/h5,7,9,13,18-19H,3-4,6,8,10-12,14-16H2,1-2H3. The number of ether oxygens (including phenoxy) is 1. The molecule has 1 aliphatic carbocycles. The van der Waals surface area contributed by atoms with Gasteiger partial charge in [0.2, 0.25) is 5.91 Å². The van der Waals surface area contributed by atoms with Crippen molar-refractivity contribution < 1.29 is 18.3 Å². The fourth-order valence-corrected chi connectivity index (χ4v) is 4.09. The first-order chi connectivity index (χ1) is 13.4. The van der Waals surface area contributed by atoms with Gasteiger partial charge < -0.3 is 9.64 Å². The second-order valence-corrected chi connectivity index (χ2v) is 8.03. The van der Waals surface area contributed by atoms with Crippen molar-refractivity contribution >= 4 is 5.91 Å². The van der Waals surface area contributed by atoms with Crippen molar-refractivity contribution in [2.24, 2.45) is 11.8 Å². The van der Waals surface area contributed by atoms with Gasteiger partial charge in [-0.05, 0) is 57.4 Å². The van der Waals surface area contributed by atoms with Crippen LogP contribution < -0.4 is 4.74 Å². The first-order valence-corrected chi connectivity index (χ1v) is 10.5. The molecule has 1 saturated heterocycles. The van der Waals surface area contributed by atoms with Gasteiger partial charge in [0, 0.05) is 38.5 Å². The highest BCUT2D eigenvalue weighted by molar-refractivity contribution is 5.79. The van der Waals surface area contributed by atoms with Crippen LogP contribution in [0, 0.1) is 11.8 Å². The Kier molecular flexibility index (Phi) is 6.91. The SMILES string of the molecule is CCN(CC)C(=O)C1CCCN(Cc2cccc(OCCC3CC3(F)F)c2)C1. The minimum atomic E-state index is -2.47. The maximum Gasteiger partial charge on any atom is 0.251 e. The molecule has 28 heavy (non-hydrogen) atoms. The van der Waals surface area contributed by atoms with Crippen LogP contribution in [-0.2, 0) is 11.3 Å². The smallest absolute Gasteiger partial charge is 0.251 e. The Balaban J connectivity index is 1.49. The highest BCUT2D eigenvalue weighted by Crippen LogP contribution is 2.50. The number of alkyl halides is 2. The van der Waals surface area contributed by atoms with Crippen LogP contribution in [0.1, 0.15) is 45.1 Å². The van der Waals surface area contributed by atoms with Gasteiger partial charge in [0.25, 0.3) is 5.92 Å². The second kappa shape index (κ2) is 9.21. The number of rotatable bonds is 9. The summed E-state index contributed by atoms with van der Waals surface area (Å²) in [5.74, 6) is -1.91. The average molecular weight is 395 g/mol. The number of benzene rings is 1. The number of carbonyl (C=O) groups is 1. The zero-order valence-electron chi connectivity index (χ0n) is 17.0. The summed E-state index contributed by atoms with van der Waals surface area (Å²) in [6.45, 7) is 8.46. The summed E-state index contributed by atoms with van der Waals surface area (Å²) < 4.78 is 31.6. The van der Waals surface area contributed by atoms with Gasteiger partial charge in [-0.1, -0.05) is 12.1 Å². The molecule has 2 unspecified atom stereocenters. The molecule has 1 heterocycles. The third-order valence-corrected chi connectivity index (χ3v) is 5.93. The van der Waals surface area contributed by atoms with Gasteiger partial charge >= 0.3 is 0 Å². The molecule has 0 radical (unpaired) electrons. The summed E-state index contributed by atoms with van der Waals surface area (Å²) in [6, 6.07) is 7.86. The molecule has 1 amide bonds. The van der Waals surface area contributed by atoms with E-state index in [1.54, 1.807) is 0 Å². The first-order valence-electron chi connectivity index (χ1n) is 10.5. The van der Waals surface area contributed by atoms with E-state index in [1.807, 2.05) is 36.9 Å². The lowest BCUT2D eigenvalue weighted by Gasteiger charge is -2.34. The summed E-state index contributed by atoms with van der Waals surface area (Å²) in [5.41, 5.74) is 1.13. The molecule has 3 rings (SSSR count). The van der Waals surface area contributed by atoms with Crippen LogP contribution in [0.2, 0.25) is 0 Å². The quantitative estimate of drug-likeness (QED) is 0.630. The molecule has 1 aliphatic heterocycles. The van der Waals surface area contributed by atoms with Crippen LogP contribution in [-0.4, -0.2) is 54.4 Å². The number of hydrogen-bond donors (Lipinski definition) is 0. The van der Waals surface area contributed by atoms with Crippen molar-refractivity contribution in [3.8, 4) is 5.75 Å². The molecule has 1 saturated carbocycles. The lowest BCUT2D eigenvalue weighted by atomic mass is 9.96. The molecular formula is C22H32F2N2O2. The van der Waals surface area contributed by atoms with Crippen molar-refractivity contribution in [3.05, 3.63) is 29.8 Å². The van der Waals surface area contributed by atoms with Gasteiger partial charge in [0.1, 0.15) is 5.75 Å². The molecule has 0 aromatic heterocycles. The molecule has 0 spiro atoms. The Morgan fingerprint density at radius 3 is 2.75 bits per heavy atom. The van der Waals surface area contributed by atoms with Gasteiger partial charge in [-0.15, -0.1) is 0 Å². The summed E-state index contributed by atoms with van der Waals surface area (Å²) in [5, 5.41) is 0. The van der Waals surface area contributed by atoms with Gasteiger partial charge in [0.15, 0.2) is 0 Å². The Hall–Kier alpha value is -1.69. The van der Waals surface area contributed by atoms with Crippen molar-refractivity contribution in [1.29, 1.82) is 0 Å². The Morgan fingerprint density at radius 1 is 1.32 bits per heavy atom. The first kappa shape index (κ1) is 21.0. The van der Waals surface area contributed by atoms with E-state index in [4.69, 9.17) is 4.74 Å². The highest BCUT2D eigenvalue weighted by Gasteiger charge is 2.56. The molecule has 6 heteroatoms. The fourth-order valence-electron chi connectivity index (χ4n) is 4.09. The van der Waals surface area contributed by atoms with E-state index >= 15 is 0 Å². The topological polar surface area (TPSA) is 32.8 Å². The van der Waals surface area contributed by atoms with Gasteiger partial charge in [0.05, 0.1) is 12.5 Å². The van der Waals surface area contributed by atoms with Gasteiger partial charge in [-0.25, -0.2) is 8.78 Å². The summed E-state index contributed by atoms with van der Waals surface area (Å²) in [6.07, 6.45) is 2.39. The minimum Gasteiger partial charge on any atom is -0.494 e. The molecule has 0 N–H and O–H groups in total. The number of halogens is 2. The van der Waals surface area contributed by atoms with Crippen molar-refractivity contribution in [2.45, 2.75) is 52.0 Å². The number of likely N-dealkylation sites (tertiary alicyclic amines) is 1. The van der Waals surface area contributed by atoms with E-state index in [-0.39, 0.29) is 18.2 Å². The Morgan fingerprint density at radius 2 is 2.07 bits per heavy atom. The van der Waals surface area contributed by atoms with Crippen LogP contribution in [0.15, 0.2) is 24.3 Å². The van der Waals surface area contributed by atoms with E-state index in [1.165, 1.54) is 0 Å². The fraction of sp³-hybridized carbons (Fsp3) is 0.682. The van der Waals surface area contributed by atoms with Gasteiger partial charge in [-0.3, -0.25) is 9.69 Å².